The van der Waals surface area contributed by atoms with E-state index < -0.39 is 33.0 Å². The summed E-state index contributed by atoms with van der Waals surface area (Å²) in [4.78, 5) is 24.4. The SMILES string of the molecule is N[C@@H]1C(=O)N2C(C(=O)O)=C(C3CCCS3(=O)=O)CS[C@H]12. The second kappa shape index (κ2) is 4.47. The standard InChI is InChI=1S/C11H14N2O5S2/c12-7-9(14)13-8(11(15)16)5(4-19-10(7)13)6-2-1-3-20(6,17)18/h6-7,10H,1-4,12H2,(H,15,16)/t6?,7-,10-/m1/s1. The smallest absolute Gasteiger partial charge is 0.352 e. The molecule has 7 nitrogen and oxygen atoms in total. The first kappa shape index (κ1) is 13.9. The lowest BCUT2D eigenvalue weighted by atomic mass is 10.0. The van der Waals surface area contributed by atoms with Gasteiger partial charge in [0.2, 0.25) is 5.91 Å². The molecule has 110 valence electrons. The minimum absolute atomic E-state index is 0.0790. The maximum Gasteiger partial charge on any atom is 0.352 e. The van der Waals surface area contributed by atoms with Gasteiger partial charge < -0.3 is 10.8 Å². The fourth-order valence-electron chi connectivity index (χ4n) is 2.97. The summed E-state index contributed by atoms with van der Waals surface area (Å²) in [5, 5.41) is 8.21. The second-order valence-electron chi connectivity index (χ2n) is 5.11. The summed E-state index contributed by atoms with van der Waals surface area (Å²) < 4.78 is 24.0. The Hall–Kier alpha value is -1.06. The van der Waals surface area contributed by atoms with Crippen molar-refractivity contribution in [1.82, 2.24) is 4.90 Å². The van der Waals surface area contributed by atoms with Gasteiger partial charge in [-0.3, -0.25) is 9.69 Å². The Bertz CT molecular complexity index is 627. The number of carboxylic acid groups (broad SMARTS) is 1. The van der Waals surface area contributed by atoms with Crippen LogP contribution in [0.2, 0.25) is 0 Å². The van der Waals surface area contributed by atoms with E-state index in [0.29, 0.717) is 24.2 Å². The molecule has 0 aromatic heterocycles. The highest BCUT2D eigenvalue weighted by Crippen LogP contribution is 2.43. The highest BCUT2D eigenvalue weighted by atomic mass is 32.2. The first-order chi connectivity index (χ1) is 9.34. The first-order valence-corrected chi connectivity index (χ1v) is 8.99. The fourth-order valence-corrected chi connectivity index (χ4v) is 6.45. The molecule has 1 unspecified atom stereocenters. The lowest BCUT2D eigenvalue weighted by molar-refractivity contribution is -0.148. The summed E-state index contributed by atoms with van der Waals surface area (Å²) >= 11 is 1.34. The molecule has 0 saturated carbocycles. The van der Waals surface area contributed by atoms with Crippen molar-refractivity contribution in [3.63, 3.8) is 0 Å². The van der Waals surface area contributed by atoms with Crippen LogP contribution in [0.25, 0.3) is 0 Å². The molecule has 0 radical (unpaired) electrons. The third-order valence-electron chi connectivity index (χ3n) is 3.96. The Morgan fingerprint density at radius 2 is 2.15 bits per heavy atom. The van der Waals surface area contributed by atoms with Crippen LogP contribution in [0.15, 0.2) is 11.3 Å². The van der Waals surface area contributed by atoms with E-state index in [1.54, 1.807) is 0 Å². The topological polar surface area (TPSA) is 118 Å². The van der Waals surface area contributed by atoms with Gasteiger partial charge in [0.05, 0.1) is 11.0 Å². The molecule has 3 aliphatic heterocycles. The Balaban J connectivity index is 2.07. The molecule has 1 amide bonds. The summed E-state index contributed by atoms with van der Waals surface area (Å²) in [5.41, 5.74) is 5.82. The van der Waals surface area contributed by atoms with E-state index in [0.717, 1.165) is 4.90 Å². The highest BCUT2D eigenvalue weighted by Gasteiger charge is 2.53. The van der Waals surface area contributed by atoms with Gasteiger partial charge in [-0.1, -0.05) is 0 Å². The molecule has 3 aliphatic rings. The molecule has 0 spiro atoms. The minimum atomic E-state index is -3.30. The van der Waals surface area contributed by atoms with Crippen LogP contribution in [0.3, 0.4) is 0 Å². The van der Waals surface area contributed by atoms with Crippen LogP contribution in [0.4, 0.5) is 0 Å². The molecule has 0 aromatic rings. The van der Waals surface area contributed by atoms with E-state index in [1.807, 2.05) is 0 Å². The van der Waals surface area contributed by atoms with E-state index in [-0.39, 0.29) is 16.8 Å². The molecule has 3 heterocycles. The Labute approximate surface area is 120 Å². The van der Waals surface area contributed by atoms with Crippen molar-refractivity contribution in [3.05, 3.63) is 11.3 Å². The number of nitrogens with zero attached hydrogens (tertiary/aromatic N) is 1. The van der Waals surface area contributed by atoms with Crippen molar-refractivity contribution in [2.45, 2.75) is 29.5 Å². The molecule has 2 saturated heterocycles. The van der Waals surface area contributed by atoms with Gasteiger partial charge in [-0.05, 0) is 18.4 Å². The molecule has 20 heavy (non-hydrogen) atoms. The van der Waals surface area contributed by atoms with E-state index in [9.17, 15) is 23.1 Å². The third kappa shape index (κ3) is 1.80. The zero-order valence-electron chi connectivity index (χ0n) is 10.5. The number of thioether (sulfide) groups is 1. The normalized spacial score (nSPS) is 35.8. The number of hydrogen-bond acceptors (Lipinski definition) is 6. The molecule has 3 N–H and O–H groups in total. The summed E-state index contributed by atoms with van der Waals surface area (Å²) in [6, 6.07) is -0.698. The first-order valence-electron chi connectivity index (χ1n) is 6.23. The molecule has 3 rings (SSSR count). The zero-order chi connectivity index (χ0) is 14.7. The number of hydrogen-bond donors (Lipinski definition) is 2. The van der Waals surface area contributed by atoms with Crippen molar-refractivity contribution >= 4 is 33.5 Å². The van der Waals surface area contributed by atoms with Crippen molar-refractivity contribution in [2.24, 2.45) is 5.73 Å². The fraction of sp³-hybridized carbons (Fsp3) is 0.636. The number of amides is 1. The van der Waals surface area contributed by atoms with E-state index in [2.05, 4.69) is 0 Å². The lowest BCUT2D eigenvalue weighted by Gasteiger charge is -2.48. The molecule has 3 atom stereocenters. The number of rotatable bonds is 2. The number of fused-ring (bicyclic) bond motifs is 1. The largest absolute Gasteiger partial charge is 0.477 e. The van der Waals surface area contributed by atoms with E-state index in [1.165, 1.54) is 11.8 Å². The molecular weight excluding hydrogens is 304 g/mol. The van der Waals surface area contributed by atoms with Gasteiger partial charge in [0.1, 0.15) is 17.1 Å². The van der Waals surface area contributed by atoms with Gasteiger partial charge in [-0.2, -0.15) is 0 Å². The number of aliphatic carboxylic acids is 1. The average Bonchev–Trinajstić information content (AvgIpc) is 2.75. The highest BCUT2D eigenvalue weighted by molar-refractivity contribution is 8.00. The van der Waals surface area contributed by atoms with Crippen molar-refractivity contribution in [2.75, 3.05) is 11.5 Å². The molecule has 0 aromatic carbocycles. The maximum absolute atomic E-state index is 12.0. The number of carbonyl (C=O) groups is 2. The third-order valence-corrected chi connectivity index (χ3v) is 7.53. The summed E-state index contributed by atoms with van der Waals surface area (Å²) in [5.74, 6) is -1.33. The number of carboxylic acids is 1. The van der Waals surface area contributed by atoms with Crippen LogP contribution in [-0.2, 0) is 19.4 Å². The predicted octanol–water partition coefficient (Wildman–Crippen LogP) is -0.855. The van der Waals surface area contributed by atoms with Gasteiger partial charge >= 0.3 is 5.97 Å². The zero-order valence-corrected chi connectivity index (χ0v) is 12.1. The van der Waals surface area contributed by atoms with E-state index >= 15 is 0 Å². The quantitative estimate of drug-likeness (QED) is 0.636. The van der Waals surface area contributed by atoms with Crippen molar-refractivity contribution in [1.29, 1.82) is 0 Å². The Kier molecular flexibility index (Phi) is 3.11. The molecular formula is C11H14N2O5S2. The van der Waals surface area contributed by atoms with E-state index in [4.69, 9.17) is 5.73 Å². The van der Waals surface area contributed by atoms with Gasteiger partial charge in [-0.25, -0.2) is 13.2 Å². The van der Waals surface area contributed by atoms with Gasteiger partial charge in [0.15, 0.2) is 9.84 Å². The summed E-state index contributed by atoms with van der Waals surface area (Å²) in [7, 11) is -3.30. The second-order valence-corrected chi connectivity index (χ2v) is 8.52. The van der Waals surface area contributed by atoms with Crippen LogP contribution >= 0.6 is 11.8 Å². The number of β-lactam (4-membered cyclic amide) rings is 1. The van der Waals surface area contributed by atoms with Crippen LogP contribution in [0, 0.1) is 0 Å². The predicted molar refractivity (Wildman–Crippen MR) is 72.5 cm³/mol. The maximum atomic E-state index is 12.0. The lowest BCUT2D eigenvalue weighted by Crippen LogP contribution is -2.68. The monoisotopic (exact) mass is 318 g/mol. The number of sulfone groups is 1. The number of carbonyl (C=O) groups excluding carboxylic acids is 1. The van der Waals surface area contributed by atoms with Crippen molar-refractivity contribution < 1.29 is 23.1 Å². The number of nitrogens with two attached hydrogens (primary N) is 1. The molecule has 2 fully saturated rings. The van der Waals surface area contributed by atoms with Crippen LogP contribution in [0.5, 0.6) is 0 Å². The Morgan fingerprint density at radius 3 is 2.70 bits per heavy atom. The van der Waals surface area contributed by atoms with Crippen LogP contribution in [0.1, 0.15) is 12.8 Å². The minimum Gasteiger partial charge on any atom is -0.477 e. The van der Waals surface area contributed by atoms with Gasteiger partial charge in [-0.15, -0.1) is 11.8 Å². The molecule has 0 bridgehead atoms. The summed E-state index contributed by atoms with van der Waals surface area (Å²) in [6.45, 7) is 0. The Morgan fingerprint density at radius 1 is 1.45 bits per heavy atom. The summed E-state index contributed by atoms with van der Waals surface area (Å²) in [6.07, 6.45) is 0.957. The van der Waals surface area contributed by atoms with Crippen LogP contribution in [-0.4, -0.2) is 58.5 Å². The van der Waals surface area contributed by atoms with Gasteiger partial charge in [0.25, 0.3) is 0 Å². The average molecular weight is 318 g/mol. The molecule has 0 aliphatic carbocycles. The molecule has 9 heteroatoms. The van der Waals surface area contributed by atoms with Crippen LogP contribution < -0.4 is 5.73 Å². The van der Waals surface area contributed by atoms with Gasteiger partial charge in [0, 0.05) is 5.75 Å². The van der Waals surface area contributed by atoms with Crippen molar-refractivity contribution in [3.8, 4) is 0 Å².